The number of likely N-dealkylation sites (tertiary alicyclic amines) is 1. The minimum absolute atomic E-state index is 0.0222. The number of carbonyl (C=O) groups excluding carboxylic acids is 1. The fraction of sp³-hybridized carbons (Fsp3) is 0.333. The van der Waals surface area contributed by atoms with Crippen molar-refractivity contribution in [2.75, 3.05) is 25.4 Å². The Morgan fingerprint density at radius 2 is 1.95 bits per heavy atom. The maximum Gasteiger partial charge on any atom is 0.292 e. The van der Waals surface area contributed by atoms with Crippen LogP contribution in [-0.2, 0) is 13.2 Å². The molecular formula is C27H29Cl2N9O4. The highest BCUT2D eigenvalue weighted by Gasteiger charge is 2.26. The van der Waals surface area contributed by atoms with Gasteiger partial charge in [0.1, 0.15) is 12.3 Å². The molecule has 220 valence electrons. The fourth-order valence-corrected chi connectivity index (χ4v) is 4.93. The normalized spacial score (nSPS) is 13.9. The minimum atomic E-state index is -0.546. The zero-order chi connectivity index (χ0) is 29.5. The van der Waals surface area contributed by atoms with Crippen LogP contribution in [0.15, 0.2) is 46.1 Å². The molecule has 5 rings (SSSR count). The van der Waals surface area contributed by atoms with E-state index in [1.54, 1.807) is 30.3 Å². The van der Waals surface area contributed by atoms with Crippen molar-refractivity contribution in [2.24, 2.45) is 5.10 Å². The lowest BCUT2D eigenvalue weighted by molar-refractivity contribution is 0.0944. The van der Waals surface area contributed by atoms with Gasteiger partial charge in [0.15, 0.2) is 17.2 Å². The second kappa shape index (κ2) is 13.6. The largest absolute Gasteiger partial charge is 0.490 e. The molecule has 15 heteroatoms. The standard InChI is InChI=1S/C27H29Cl2N9O4/c1-2-40-23-12-17(6-9-22(23)41-16-18-7-8-19(28)13-20(18)29)14-31-33-27(39)24-21(15-37-10-4-3-5-11-37)32-36-38(24)26-25(30)34-42-35-26/h6-9,12-14H,2-5,10-11,15-16H2,1H3,(H2,30,34)(H,33,39)/b31-14-. The van der Waals surface area contributed by atoms with E-state index in [4.69, 9.17) is 43.0 Å². The lowest BCUT2D eigenvalue weighted by atomic mass is 10.1. The van der Waals surface area contributed by atoms with Crippen molar-refractivity contribution in [3.05, 3.63) is 69.0 Å². The van der Waals surface area contributed by atoms with E-state index >= 15 is 0 Å². The van der Waals surface area contributed by atoms with Gasteiger partial charge in [-0.3, -0.25) is 9.69 Å². The first-order valence-electron chi connectivity index (χ1n) is 13.3. The average molecular weight is 614 g/mol. The van der Waals surface area contributed by atoms with Crippen molar-refractivity contribution >= 4 is 41.1 Å². The maximum absolute atomic E-state index is 13.4. The summed E-state index contributed by atoms with van der Waals surface area (Å²) in [6.45, 7) is 4.79. The van der Waals surface area contributed by atoms with Gasteiger partial charge in [-0.2, -0.15) is 9.78 Å². The third-order valence-electron chi connectivity index (χ3n) is 6.52. The number of amides is 1. The molecule has 0 unspecified atom stereocenters. The molecule has 1 aliphatic heterocycles. The molecule has 3 N–H and O–H groups in total. The third kappa shape index (κ3) is 6.98. The Morgan fingerprint density at radius 1 is 1.12 bits per heavy atom. The number of nitrogens with one attached hydrogen (secondary N) is 1. The summed E-state index contributed by atoms with van der Waals surface area (Å²) in [5.41, 5.74) is 10.5. The number of piperidine rings is 1. The number of hydrogen-bond donors (Lipinski definition) is 2. The molecule has 3 heterocycles. The number of ether oxygens (including phenoxy) is 2. The Kier molecular flexibility index (Phi) is 9.52. The Hall–Kier alpha value is -4.20. The van der Waals surface area contributed by atoms with E-state index in [1.165, 1.54) is 17.3 Å². The zero-order valence-corrected chi connectivity index (χ0v) is 24.3. The van der Waals surface area contributed by atoms with Crippen molar-refractivity contribution in [1.29, 1.82) is 0 Å². The van der Waals surface area contributed by atoms with Gasteiger partial charge in [0.25, 0.3) is 5.91 Å². The van der Waals surface area contributed by atoms with E-state index < -0.39 is 5.91 Å². The number of anilines is 1. The molecule has 1 aliphatic rings. The van der Waals surface area contributed by atoms with Gasteiger partial charge in [0.05, 0.1) is 12.8 Å². The first-order valence-corrected chi connectivity index (χ1v) is 14.1. The minimum Gasteiger partial charge on any atom is -0.490 e. The first kappa shape index (κ1) is 29.3. The van der Waals surface area contributed by atoms with E-state index in [0.717, 1.165) is 31.5 Å². The van der Waals surface area contributed by atoms with E-state index in [0.29, 0.717) is 46.0 Å². The Balaban J connectivity index is 1.31. The van der Waals surface area contributed by atoms with Crippen LogP contribution in [0.3, 0.4) is 0 Å². The van der Waals surface area contributed by atoms with Crippen LogP contribution in [0.4, 0.5) is 5.82 Å². The molecular weight excluding hydrogens is 585 g/mol. The van der Waals surface area contributed by atoms with Gasteiger partial charge in [0, 0.05) is 22.2 Å². The molecule has 2 aromatic carbocycles. The highest BCUT2D eigenvalue weighted by atomic mass is 35.5. The third-order valence-corrected chi connectivity index (χ3v) is 7.11. The molecule has 0 spiro atoms. The smallest absolute Gasteiger partial charge is 0.292 e. The summed E-state index contributed by atoms with van der Waals surface area (Å²) in [5, 5.41) is 20.9. The van der Waals surface area contributed by atoms with Crippen LogP contribution in [0.2, 0.25) is 10.0 Å². The molecule has 0 atom stereocenters. The zero-order valence-electron chi connectivity index (χ0n) is 22.8. The Bertz CT molecular complexity index is 1570. The number of hydrazone groups is 1. The van der Waals surface area contributed by atoms with Crippen molar-refractivity contribution in [3.8, 4) is 17.3 Å². The number of rotatable bonds is 11. The SMILES string of the molecule is CCOc1cc(/C=N\NC(=O)c2c(CN3CCCCC3)nnn2-c2nonc2N)ccc1OCc1ccc(Cl)cc1Cl. The van der Waals surface area contributed by atoms with E-state index in [1.807, 2.05) is 13.0 Å². The summed E-state index contributed by atoms with van der Waals surface area (Å²) >= 11 is 12.3. The summed E-state index contributed by atoms with van der Waals surface area (Å²) in [4.78, 5) is 15.6. The molecule has 42 heavy (non-hydrogen) atoms. The van der Waals surface area contributed by atoms with Gasteiger partial charge in [0.2, 0.25) is 11.6 Å². The quantitative estimate of drug-likeness (QED) is 0.185. The molecule has 1 fully saturated rings. The highest BCUT2D eigenvalue weighted by Crippen LogP contribution is 2.30. The number of benzene rings is 2. The first-order chi connectivity index (χ1) is 20.4. The molecule has 1 saturated heterocycles. The molecule has 1 amide bonds. The fourth-order valence-electron chi connectivity index (χ4n) is 4.47. The van der Waals surface area contributed by atoms with Gasteiger partial charge in [-0.05, 0) is 79.1 Å². The van der Waals surface area contributed by atoms with E-state index in [2.05, 4.69) is 36.1 Å². The van der Waals surface area contributed by atoms with Gasteiger partial charge in [-0.25, -0.2) is 10.1 Å². The Morgan fingerprint density at radius 3 is 2.69 bits per heavy atom. The molecule has 0 radical (unpaired) electrons. The predicted molar refractivity (Wildman–Crippen MR) is 156 cm³/mol. The number of nitrogens with two attached hydrogens (primary N) is 1. The van der Waals surface area contributed by atoms with Gasteiger partial charge in [-0.1, -0.05) is 40.9 Å². The predicted octanol–water partition coefficient (Wildman–Crippen LogP) is 4.27. The van der Waals surface area contributed by atoms with Crippen LogP contribution < -0.4 is 20.6 Å². The van der Waals surface area contributed by atoms with E-state index in [9.17, 15) is 4.79 Å². The molecule has 0 saturated carbocycles. The molecule has 4 aromatic rings. The molecule has 0 bridgehead atoms. The van der Waals surface area contributed by atoms with Gasteiger partial charge < -0.3 is 15.2 Å². The van der Waals surface area contributed by atoms with Crippen LogP contribution in [0, 0.1) is 0 Å². The monoisotopic (exact) mass is 613 g/mol. The van der Waals surface area contributed by atoms with Crippen LogP contribution in [0.25, 0.3) is 5.82 Å². The lowest BCUT2D eigenvalue weighted by Crippen LogP contribution is -2.31. The number of nitrogen functional groups attached to an aromatic ring is 1. The van der Waals surface area contributed by atoms with Gasteiger partial charge >= 0.3 is 0 Å². The van der Waals surface area contributed by atoms with Crippen LogP contribution in [0.1, 0.15) is 53.5 Å². The van der Waals surface area contributed by atoms with Crippen LogP contribution in [-0.4, -0.2) is 62.0 Å². The average Bonchev–Trinajstić information content (AvgIpc) is 3.59. The second-order valence-corrected chi connectivity index (χ2v) is 10.3. The summed E-state index contributed by atoms with van der Waals surface area (Å²) in [6.07, 6.45) is 4.84. The highest BCUT2D eigenvalue weighted by molar-refractivity contribution is 6.35. The summed E-state index contributed by atoms with van der Waals surface area (Å²) in [5.74, 6) is 0.540. The van der Waals surface area contributed by atoms with Crippen molar-refractivity contribution in [2.45, 2.75) is 39.3 Å². The Labute approximate surface area is 251 Å². The molecule has 0 aliphatic carbocycles. The van der Waals surface area contributed by atoms with Crippen LogP contribution >= 0.6 is 23.2 Å². The second-order valence-electron chi connectivity index (χ2n) is 9.47. The topological polar surface area (TPSA) is 159 Å². The molecule has 2 aromatic heterocycles. The van der Waals surface area contributed by atoms with Crippen molar-refractivity contribution in [1.82, 2.24) is 35.6 Å². The van der Waals surface area contributed by atoms with Crippen LogP contribution in [0.5, 0.6) is 11.5 Å². The van der Waals surface area contributed by atoms with Crippen molar-refractivity contribution < 1.29 is 18.9 Å². The van der Waals surface area contributed by atoms with Gasteiger partial charge in [-0.15, -0.1) is 5.10 Å². The maximum atomic E-state index is 13.4. The number of carbonyl (C=O) groups is 1. The number of aromatic nitrogens is 5. The summed E-state index contributed by atoms with van der Waals surface area (Å²) in [6, 6.07) is 10.5. The number of halogens is 2. The van der Waals surface area contributed by atoms with Crippen molar-refractivity contribution in [3.63, 3.8) is 0 Å². The summed E-state index contributed by atoms with van der Waals surface area (Å²) in [7, 11) is 0. The lowest BCUT2D eigenvalue weighted by Gasteiger charge is -2.25. The summed E-state index contributed by atoms with van der Waals surface area (Å²) < 4.78 is 17.6. The number of nitrogens with zero attached hydrogens (tertiary/aromatic N) is 7. The van der Waals surface area contributed by atoms with E-state index in [-0.39, 0.29) is 23.9 Å². The molecule has 13 nitrogen and oxygen atoms in total. The number of hydrogen-bond acceptors (Lipinski definition) is 11.